The second kappa shape index (κ2) is 6.25. The average Bonchev–Trinajstić information content (AvgIpc) is 2.59. The molecule has 3 heteroatoms. The normalized spacial score (nSPS) is 36.3. The van der Waals surface area contributed by atoms with Crippen LogP contribution < -0.4 is 5.32 Å². The summed E-state index contributed by atoms with van der Waals surface area (Å²) < 4.78 is 0. The number of rotatable bonds is 4. The van der Waals surface area contributed by atoms with Gasteiger partial charge in [0.1, 0.15) is 0 Å². The first-order valence-electron chi connectivity index (χ1n) is 8.05. The Morgan fingerprint density at radius 1 is 1.26 bits per heavy atom. The van der Waals surface area contributed by atoms with E-state index < -0.39 is 0 Å². The molecule has 2 fully saturated rings. The smallest absolute Gasteiger partial charge is 0.240 e. The first-order valence-corrected chi connectivity index (χ1v) is 8.05. The molecule has 19 heavy (non-hydrogen) atoms. The molecule has 0 aromatic rings. The predicted octanol–water partition coefficient (Wildman–Crippen LogP) is 3.01. The van der Waals surface area contributed by atoms with Crippen molar-refractivity contribution in [2.75, 3.05) is 6.54 Å². The van der Waals surface area contributed by atoms with Crippen molar-refractivity contribution in [3.63, 3.8) is 0 Å². The minimum absolute atomic E-state index is 0.00245. The molecule has 0 aromatic heterocycles. The zero-order valence-electron chi connectivity index (χ0n) is 13.0. The second-order valence-electron chi connectivity index (χ2n) is 7.05. The molecule has 4 unspecified atom stereocenters. The summed E-state index contributed by atoms with van der Waals surface area (Å²) in [4.78, 5) is 14.5. The van der Waals surface area contributed by atoms with Crippen LogP contribution in [-0.2, 0) is 4.79 Å². The third-order valence-electron chi connectivity index (χ3n) is 4.89. The zero-order valence-corrected chi connectivity index (χ0v) is 13.0. The van der Waals surface area contributed by atoms with E-state index in [2.05, 4.69) is 31.0 Å². The summed E-state index contributed by atoms with van der Waals surface area (Å²) in [6, 6.07) is 0.00245. The Bertz CT molecular complexity index is 316. The van der Waals surface area contributed by atoms with Crippen LogP contribution in [0.2, 0.25) is 0 Å². The summed E-state index contributed by atoms with van der Waals surface area (Å²) in [5.41, 5.74) is 0. The van der Waals surface area contributed by atoms with Gasteiger partial charge >= 0.3 is 0 Å². The first-order chi connectivity index (χ1) is 8.99. The highest BCUT2D eigenvalue weighted by molar-refractivity contribution is 5.83. The fraction of sp³-hybridized carbons (Fsp3) is 0.938. The average molecular weight is 266 g/mol. The Kier molecular flexibility index (Phi) is 4.88. The SMILES string of the molecule is CC(C)CC1NC(C)C(=O)N1CC1CCCCC1C. The molecule has 0 spiro atoms. The van der Waals surface area contributed by atoms with Crippen LogP contribution in [0.5, 0.6) is 0 Å². The highest BCUT2D eigenvalue weighted by Gasteiger charge is 2.38. The Morgan fingerprint density at radius 2 is 1.95 bits per heavy atom. The molecule has 3 nitrogen and oxygen atoms in total. The van der Waals surface area contributed by atoms with Crippen LogP contribution in [0.1, 0.15) is 59.8 Å². The molecule has 1 aliphatic heterocycles. The minimum atomic E-state index is 0.00245. The third kappa shape index (κ3) is 3.50. The molecule has 2 aliphatic rings. The van der Waals surface area contributed by atoms with Crippen LogP contribution in [0.3, 0.4) is 0 Å². The lowest BCUT2D eigenvalue weighted by molar-refractivity contribution is -0.130. The molecule has 1 N–H and O–H groups in total. The highest BCUT2D eigenvalue weighted by atomic mass is 16.2. The Labute approximate surface area is 118 Å². The molecule has 2 rings (SSSR count). The van der Waals surface area contributed by atoms with Crippen LogP contribution in [0.4, 0.5) is 0 Å². The summed E-state index contributed by atoms with van der Waals surface area (Å²) in [6.07, 6.45) is 6.68. The van der Waals surface area contributed by atoms with E-state index in [1.54, 1.807) is 0 Å². The number of amides is 1. The topological polar surface area (TPSA) is 32.3 Å². The van der Waals surface area contributed by atoms with Crippen molar-refractivity contribution >= 4 is 5.91 Å². The molecule has 1 aliphatic carbocycles. The number of hydrogen-bond donors (Lipinski definition) is 1. The van der Waals surface area contributed by atoms with Gasteiger partial charge in [-0.3, -0.25) is 10.1 Å². The maximum absolute atomic E-state index is 12.3. The maximum atomic E-state index is 12.3. The van der Waals surface area contributed by atoms with Crippen LogP contribution >= 0.6 is 0 Å². The Morgan fingerprint density at radius 3 is 2.58 bits per heavy atom. The summed E-state index contributed by atoms with van der Waals surface area (Å²) >= 11 is 0. The van der Waals surface area contributed by atoms with E-state index in [-0.39, 0.29) is 12.2 Å². The fourth-order valence-corrected chi connectivity index (χ4v) is 3.63. The number of hydrogen-bond acceptors (Lipinski definition) is 2. The van der Waals surface area contributed by atoms with E-state index in [0.717, 1.165) is 18.9 Å². The summed E-state index contributed by atoms with van der Waals surface area (Å²) in [5.74, 6) is 2.42. The van der Waals surface area contributed by atoms with Gasteiger partial charge in [-0.1, -0.05) is 40.0 Å². The van der Waals surface area contributed by atoms with Crippen LogP contribution in [0, 0.1) is 17.8 Å². The monoisotopic (exact) mass is 266 g/mol. The number of nitrogens with zero attached hydrogens (tertiary/aromatic N) is 1. The number of nitrogens with one attached hydrogen (secondary N) is 1. The lowest BCUT2D eigenvalue weighted by Gasteiger charge is -2.35. The molecule has 1 saturated carbocycles. The summed E-state index contributed by atoms with van der Waals surface area (Å²) in [6.45, 7) is 9.79. The molecule has 1 heterocycles. The molecular formula is C16H30N2O. The van der Waals surface area contributed by atoms with E-state index in [0.29, 0.717) is 17.7 Å². The van der Waals surface area contributed by atoms with Crippen molar-refractivity contribution in [3.8, 4) is 0 Å². The predicted molar refractivity (Wildman–Crippen MR) is 78.7 cm³/mol. The van der Waals surface area contributed by atoms with E-state index in [9.17, 15) is 4.79 Å². The van der Waals surface area contributed by atoms with Gasteiger partial charge in [-0.15, -0.1) is 0 Å². The number of carbonyl (C=O) groups is 1. The van der Waals surface area contributed by atoms with Gasteiger partial charge in [-0.05, 0) is 37.5 Å². The van der Waals surface area contributed by atoms with Crippen molar-refractivity contribution in [2.24, 2.45) is 17.8 Å². The van der Waals surface area contributed by atoms with Crippen molar-refractivity contribution in [1.29, 1.82) is 0 Å². The van der Waals surface area contributed by atoms with Gasteiger partial charge in [-0.25, -0.2) is 0 Å². The molecular weight excluding hydrogens is 236 g/mol. The van der Waals surface area contributed by atoms with Crippen LogP contribution in [-0.4, -0.2) is 29.6 Å². The van der Waals surface area contributed by atoms with Gasteiger partial charge in [0.25, 0.3) is 0 Å². The zero-order chi connectivity index (χ0) is 14.0. The standard InChI is InChI=1S/C16H30N2O/c1-11(2)9-15-17-13(4)16(19)18(15)10-14-8-6-5-7-12(14)3/h11-15,17H,5-10H2,1-4H3. The summed E-state index contributed by atoms with van der Waals surface area (Å²) in [7, 11) is 0. The van der Waals surface area contributed by atoms with Gasteiger partial charge in [-0.2, -0.15) is 0 Å². The maximum Gasteiger partial charge on any atom is 0.240 e. The van der Waals surface area contributed by atoms with E-state index >= 15 is 0 Å². The van der Waals surface area contributed by atoms with E-state index in [1.807, 2.05) is 6.92 Å². The molecule has 4 atom stereocenters. The van der Waals surface area contributed by atoms with E-state index in [4.69, 9.17) is 0 Å². The van der Waals surface area contributed by atoms with Gasteiger partial charge in [0.05, 0.1) is 12.2 Å². The molecule has 0 radical (unpaired) electrons. The lowest BCUT2D eigenvalue weighted by Crippen LogP contribution is -2.42. The van der Waals surface area contributed by atoms with Crippen molar-refractivity contribution in [2.45, 2.75) is 72.0 Å². The van der Waals surface area contributed by atoms with Crippen molar-refractivity contribution < 1.29 is 4.79 Å². The summed E-state index contributed by atoms with van der Waals surface area (Å²) in [5, 5.41) is 3.47. The minimum Gasteiger partial charge on any atom is -0.326 e. The largest absolute Gasteiger partial charge is 0.326 e. The quantitative estimate of drug-likeness (QED) is 0.848. The highest BCUT2D eigenvalue weighted by Crippen LogP contribution is 2.31. The Balaban J connectivity index is 2.00. The van der Waals surface area contributed by atoms with Crippen LogP contribution in [0.25, 0.3) is 0 Å². The second-order valence-corrected chi connectivity index (χ2v) is 7.05. The van der Waals surface area contributed by atoms with E-state index in [1.165, 1.54) is 25.7 Å². The van der Waals surface area contributed by atoms with Crippen molar-refractivity contribution in [3.05, 3.63) is 0 Å². The molecule has 0 aromatic carbocycles. The van der Waals surface area contributed by atoms with Gasteiger partial charge in [0.2, 0.25) is 5.91 Å². The molecule has 1 amide bonds. The molecule has 110 valence electrons. The molecule has 0 bridgehead atoms. The fourth-order valence-electron chi connectivity index (χ4n) is 3.63. The lowest BCUT2D eigenvalue weighted by atomic mass is 9.80. The Hall–Kier alpha value is -0.570. The first kappa shape index (κ1) is 14.8. The number of carbonyl (C=O) groups excluding carboxylic acids is 1. The van der Waals surface area contributed by atoms with Gasteiger partial charge in [0.15, 0.2) is 0 Å². The third-order valence-corrected chi connectivity index (χ3v) is 4.89. The molecule has 1 saturated heterocycles. The van der Waals surface area contributed by atoms with Crippen molar-refractivity contribution in [1.82, 2.24) is 10.2 Å². The van der Waals surface area contributed by atoms with Crippen LogP contribution in [0.15, 0.2) is 0 Å². The van der Waals surface area contributed by atoms with Gasteiger partial charge in [0, 0.05) is 6.54 Å². The van der Waals surface area contributed by atoms with Gasteiger partial charge < -0.3 is 4.90 Å².